The van der Waals surface area contributed by atoms with Crippen molar-refractivity contribution in [2.24, 2.45) is 0 Å². The third kappa shape index (κ3) is 5.08. The first-order valence-electron chi connectivity index (χ1n) is 8.11. The molecular formula is C19H13F4NO3S2. The Morgan fingerprint density at radius 1 is 1.00 bits per heavy atom. The zero-order valence-electron chi connectivity index (χ0n) is 14.5. The van der Waals surface area contributed by atoms with Crippen LogP contribution in [0.25, 0.3) is 5.57 Å². The summed E-state index contributed by atoms with van der Waals surface area (Å²) in [7, 11) is -4.18. The molecule has 0 spiro atoms. The zero-order chi connectivity index (χ0) is 21.2. The molecule has 1 aliphatic carbocycles. The van der Waals surface area contributed by atoms with Gasteiger partial charge in [0, 0.05) is 10.8 Å². The summed E-state index contributed by atoms with van der Waals surface area (Å²) < 4.78 is 75.8. The number of halogens is 4. The van der Waals surface area contributed by atoms with E-state index in [0.29, 0.717) is 16.0 Å². The monoisotopic (exact) mass is 443 g/mol. The lowest BCUT2D eigenvalue weighted by atomic mass is 9.88. The fraction of sp³-hybridized carbons (Fsp3) is 0.105. The molecule has 10 heteroatoms. The maximum atomic E-state index is 12.3. The van der Waals surface area contributed by atoms with Gasteiger partial charge in [0.1, 0.15) is 5.75 Å². The number of alkyl halides is 3. The molecule has 1 atom stereocenters. The predicted octanol–water partition coefficient (Wildman–Crippen LogP) is 4.85. The molecule has 0 saturated heterocycles. The summed E-state index contributed by atoms with van der Waals surface area (Å²) in [4.78, 5) is 1.07. The first-order chi connectivity index (χ1) is 13.6. The van der Waals surface area contributed by atoms with Gasteiger partial charge in [0.2, 0.25) is 0 Å². The third-order valence-electron chi connectivity index (χ3n) is 4.14. The maximum Gasteiger partial charge on any atom is 0.573 e. The molecule has 0 saturated carbocycles. The maximum absolute atomic E-state index is 12.3. The van der Waals surface area contributed by atoms with E-state index < -0.39 is 16.4 Å². The fourth-order valence-electron chi connectivity index (χ4n) is 2.79. The highest BCUT2D eigenvalue weighted by molar-refractivity contribution is 7.89. The van der Waals surface area contributed by atoms with Gasteiger partial charge in [-0.2, -0.15) is 0 Å². The average Bonchev–Trinajstić information content (AvgIpc) is 2.67. The van der Waals surface area contributed by atoms with Gasteiger partial charge in [-0.05, 0) is 52.0 Å². The smallest absolute Gasteiger partial charge is 0.406 e. The number of thiocarbonyl (C=S) groups is 1. The average molecular weight is 443 g/mol. The Labute approximate surface area is 169 Å². The molecule has 0 amide bonds. The highest BCUT2D eigenvalue weighted by Gasteiger charge is 2.31. The first-order valence-corrected chi connectivity index (χ1v) is 10.0. The molecule has 0 aromatic heterocycles. The normalized spacial score (nSPS) is 17.2. The molecule has 0 bridgehead atoms. The van der Waals surface area contributed by atoms with Crippen LogP contribution in [0.5, 0.6) is 5.75 Å². The molecule has 0 aliphatic heterocycles. The van der Waals surface area contributed by atoms with E-state index in [2.05, 4.69) is 4.74 Å². The fourth-order valence-corrected chi connectivity index (χ4v) is 3.71. The molecular weight excluding hydrogens is 430 g/mol. The van der Waals surface area contributed by atoms with Crippen LogP contribution in [0.4, 0.5) is 17.7 Å². The van der Waals surface area contributed by atoms with Gasteiger partial charge >= 0.3 is 6.36 Å². The van der Waals surface area contributed by atoms with E-state index in [4.69, 9.17) is 12.2 Å². The molecule has 29 heavy (non-hydrogen) atoms. The minimum absolute atomic E-state index is 0.217. The number of allylic oxidation sites excluding steroid dienone is 4. The van der Waals surface area contributed by atoms with Crippen molar-refractivity contribution in [1.29, 1.82) is 0 Å². The van der Waals surface area contributed by atoms with E-state index in [1.165, 1.54) is 48.5 Å². The number of hydrogen-bond acceptors (Lipinski definition) is 4. The highest BCUT2D eigenvalue weighted by atomic mass is 32.2. The molecule has 1 N–H and O–H groups in total. The lowest BCUT2D eigenvalue weighted by molar-refractivity contribution is -0.274. The van der Waals surface area contributed by atoms with Crippen LogP contribution in [0.2, 0.25) is 0 Å². The van der Waals surface area contributed by atoms with Gasteiger partial charge < -0.3 is 4.74 Å². The minimum Gasteiger partial charge on any atom is -0.406 e. The van der Waals surface area contributed by atoms with Gasteiger partial charge in [-0.3, -0.25) is 0 Å². The Morgan fingerprint density at radius 2 is 1.62 bits per heavy atom. The van der Waals surface area contributed by atoms with Gasteiger partial charge in [0.05, 0.1) is 4.90 Å². The molecule has 2 aromatic carbocycles. The summed E-state index contributed by atoms with van der Waals surface area (Å²) in [6, 6.07) is 11.0. The van der Waals surface area contributed by atoms with Crippen LogP contribution < -0.4 is 9.68 Å². The van der Waals surface area contributed by atoms with Crippen LogP contribution in [0.1, 0.15) is 17.0 Å². The van der Waals surface area contributed by atoms with Gasteiger partial charge in [-0.1, -0.05) is 48.6 Å². The van der Waals surface area contributed by atoms with Crippen LogP contribution in [0.15, 0.2) is 71.7 Å². The van der Waals surface area contributed by atoms with Crippen molar-refractivity contribution in [3.05, 3.63) is 77.9 Å². The molecule has 1 aliphatic rings. The highest BCUT2D eigenvalue weighted by Crippen LogP contribution is 2.31. The second-order valence-electron chi connectivity index (χ2n) is 6.06. The topological polar surface area (TPSA) is 55.4 Å². The largest absolute Gasteiger partial charge is 0.573 e. The van der Waals surface area contributed by atoms with Crippen LogP contribution in [-0.4, -0.2) is 19.6 Å². The summed E-state index contributed by atoms with van der Waals surface area (Å²) >= 11 is 5.42. The number of rotatable bonds is 5. The van der Waals surface area contributed by atoms with Crippen molar-refractivity contribution in [3.63, 3.8) is 0 Å². The van der Waals surface area contributed by atoms with Crippen molar-refractivity contribution in [3.8, 4) is 5.75 Å². The Morgan fingerprint density at radius 3 is 2.14 bits per heavy atom. The summed E-state index contributed by atoms with van der Waals surface area (Å²) in [6.07, 6.45) is 0.536. The summed E-state index contributed by atoms with van der Waals surface area (Å²) in [5, 5.41) is 0. The van der Waals surface area contributed by atoms with Crippen LogP contribution >= 0.6 is 12.2 Å². The Hall–Kier alpha value is -2.56. The van der Waals surface area contributed by atoms with Gasteiger partial charge in [-0.15, -0.1) is 17.7 Å². The number of ether oxygens (including phenoxy) is 1. The van der Waals surface area contributed by atoms with E-state index in [-0.39, 0.29) is 16.6 Å². The molecule has 0 radical (unpaired) electrons. The number of hydrogen-bond donors (Lipinski definition) is 1. The van der Waals surface area contributed by atoms with Gasteiger partial charge in [0.15, 0.2) is 0 Å². The molecule has 3 rings (SSSR count). The zero-order valence-corrected chi connectivity index (χ0v) is 16.1. The number of nitrogens with one attached hydrogen (secondary N) is 1. The minimum atomic E-state index is -4.76. The molecule has 4 nitrogen and oxygen atoms in total. The van der Waals surface area contributed by atoms with Crippen LogP contribution in [-0.2, 0) is 10.0 Å². The lowest BCUT2D eigenvalue weighted by Gasteiger charge is -2.19. The Bertz CT molecular complexity index is 1070. The standard InChI is InChI=1S/C19H13F4NO3S2/c20-19(21,22)27-15-6-1-13(2-7-15)17-10-5-14(11-18(17)28)12-3-8-16(9-4-12)29(25,26)24-23/h1-11,17,24H. The Kier molecular flexibility index (Phi) is 5.87. The van der Waals surface area contributed by atoms with Crippen molar-refractivity contribution in [1.82, 2.24) is 4.94 Å². The van der Waals surface area contributed by atoms with E-state index in [1.54, 1.807) is 18.2 Å². The molecule has 2 aromatic rings. The van der Waals surface area contributed by atoms with Crippen molar-refractivity contribution in [2.75, 3.05) is 0 Å². The van der Waals surface area contributed by atoms with Crippen LogP contribution in [0.3, 0.4) is 0 Å². The second-order valence-corrected chi connectivity index (χ2v) is 8.16. The van der Waals surface area contributed by atoms with Crippen molar-refractivity contribution >= 4 is 32.7 Å². The molecule has 0 heterocycles. The summed E-state index contributed by atoms with van der Waals surface area (Å²) in [5.74, 6) is -0.620. The molecule has 0 fully saturated rings. The third-order valence-corrected chi connectivity index (χ3v) is 5.61. The summed E-state index contributed by atoms with van der Waals surface area (Å²) in [5.41, 5.74) is 2.10. The number of benzene rings is 2. The Balaban J connectivity index is 1.76. The van der Waals surface area contributed by atoms with Gasteiger partial charge in [0.25, 0.3) is 10.0 Å². The van der Waals surface area contributed by atoms with E-state index in [9.17, 15) is 26.1 Å². The van der Waals surface area contributed by atoms with E-state index in [0.717, 1.165) is 10.5 Å². The van der Waals surface area contributed by atoms with Crippen LogP contribution in [0, 0.1) is 0 Å². The molecule has 1 unspecified atom stereocenters. The SMILES string of the molecule is O=S(=O)(NF)c1ccc(C2=CC(=S)C(c3ccc(OC(F)(F)F)cc3)C=C2)cc1. The quantitative estimate of drug-likeness (QED) is 0.408. The number of sulfonamides is 1. The summed E-state index contributed by atoms with van der Waals surface area (Å²) in [6.45, 7) is 0. The molecule has 152 valence electrons. The van der Waals surface area contributed by atoms with E-state index in [1.807, 2.05) is 0 Å². The first kappa shape index (κ1) is 21.2. The second kappa shape index (κ2) is 8.05. The van der Waals surface area contributed by atoms with Gasteiger partial charge in [-0.25, -0.2) is 8.42 Å². The lowest BCUT2D eigenvalue weighted by Crippen LogP contribution is -2.17. The predicted molar refractivity (Wildman–Crippen MR) is 103 cm³/mol. The van der Waals surface area contributed by atoms with E-state index >= 15 is 0 Å². The van der Waals surface area contributed by atoms with Crippen molar-refractivity contribution in [2.45, 2.75) is 17.2 Å². The van der Waals surface area contributed by atoms with Crippen molar-refractivity contribution < 1.29 is 30.8 Å².